The van der Waals surface area contributed by atoms with Gasteiger partial charge in [0.05, 0.1) is 0 Å². The lowest BCUT2D eigenvalue weighted by Gasteiger charge is -2.35. The van der Waals surface area contributed by atoms with E-state index >= 15 is 0 Å². The topological polar surface area (TPSA) is 36.1 Å². The average molecular weight is 203 g/mol. The van der Waals surface area contributed by atoms with Gasteiger partial charge in [0.1, 0.15) is 0 Å². The second-order valence-corrected chi connectivity index (χ2v) is 8.36. The molecule has 0 unspecified atom stereocenters. The van der Waals surface area contributed by atoms with Crippen molar-refractivity contribution in [1.82, 2.24) is 14.9 Å². The standard InChI is InChI=1S/C9H25N3Si/c1-8(2)7-12-13(10-5,11-6)9(3)4/h8-12H,7H2,1-6H3. The first-order valence-electron chi connectivity index (χ1n) is 5.11. The first-order chi connectivity index (χ1) is 5.98. The Morgan fingerprint density at radius 1 is 1.00 bits per heavy atom. The van der Waals surface area contributed by atoms with Crippen LogP contribution in [-0.2, 0) is 0 Å². The summed E-state index contributed by atoms with van der Waals surface area (Å²) in [5.74, 6) is 0.701. The summed E-state index contributed by atoms with van der Waals surface area (Å²) in [7, 11) is 2.44. The van der Waals surface area contributed by atoms with Gasteiger partial charge >= 0.3 is 0 Å². The minimum atomic E-state index is -1.63. The zero-order valence-electron chi connectivity index (χ0n) is 9.86. The molecule has 0 aromatic heterocycles. The normalized spacial score (nSPS) is 12.9. The summed E-state index contributed by atoms with van der Waals surface area (Å²) in [6.45, 7) is 10.1. The maximum atomic E-state index is 3.65. The summed E-state index contributed by atoms with van der Waals surface area (Å²) >= 11 is 0. The first-order valence-corrected chi connectivity index (χ1v) is 7.19. The molecule has 0 aromatic rings. The Morgan fingerprint density at radius 3 is 1.69 bits per heavy atom. The Hall–Kier alpha value is 0.0969. The monoisotopic (exact) mass is 203 g/mol. The van der Waals surface area contributed by atoms with Crippen LogP contribution in [0.5, 0.6) is 0 Å². The van der Waals surface area contributed by atoms with Crippen LogP contribution in [0.15, 0.2) is 0 Å². The fourth-order valence-corrected chi connectivity index (χ4v) is 4.35. The van der Waals surface area contributed by atoms with E-state index < -0.39 is 8.56 Å². The molecule has 3 nitrogen and oxygen atoms in total. The van der Waals surface area contributed by atoms with Crippen LogP contribution in [0, 0.1) is 5.92 Å². The maximum absolute atomic E-state index is 3.65. The fraction of sp³-hybridized carbons (Fsp3) is 1.00. The fourth-order valence-electron chi connectivity index (χ4n) is 1.45. The predicted octanol–water partition coefficient (Wildman–Crippen LogP) is 1.02. The highest BCUT2D eigenvalue weighted by Gasteiger charge is 2.34. The van der Waals surface area contributed by atoms with Gasteiger partial charge < -0.3 is 14.9 Å². The maximum Gasteiger partial charge on any atom is 0.283 e. The third-order valence-corrected chi connectivity index (χ3v) is 6.52. The van der Waals surface area contributed by atoms with Crippen molar-refractivity contribution in [3.8, 4) is 0 Å². The minimum Gasteiger partial charge on any atom is -0.316 e. The molecule has 0 aliphatic rings. The average Bonchev–Trinajstić information content (AvgIpc) is 2.06. The van der Waals surface area contributed by atoms with Crippen LogP contribution in [0.4, 0.5) is 0 Å². The SMILES string of the molecule is CN[Si](NC)(NCC(C)C)C(C)C. The highest BCUT2D eigenvalue weighted by atomic mass is 28.4. The lowest BCUT2D eigenvalue weighted by molar-refractivity contribution is 0.603. The molecule has 0 saturated carbocycles. The summed E-state index contributed by atoms with van der Waals surface area (Å²) in [6, 6.07) is 0. The van der Waals surface area contributed by atoms with Gasteiger partial charge in [0.15, 0.2) is 0 Å². The van der Waals surface area contributed by atoms with Gasteiger partial charge in [0.25, 0.3) is 8.56 Å². The lowest BCUT2D eigenvalue weighted by atomic mass is 10.2. The number of hydrogen-bond acceptors (Lipinski definition) is 3. The van der Waals surface area contributed by atoms with Crippen molar-refractivity contribution in [3.63, 3.8) is 0 Å². The van der Waals surface area contributed by atoms with Gasteiger partial charge in [-0.1, -0.05) is 27.7 Å². The molecule has 0 aliphatic carbocycles. The molecule has 0 amide bonds. The number of rotatable bonds is 6. The molecule has 0 radical (unpaired) electrons. The van der Waals surface area contributed by atoms with Crippen LogP contribution in [-0.4, -0.2) is 29.2 Å². The minimum absolute atomic E-state index is 0.640. The molecule has 13 heavy (non-hydrogen) atoms. The zero-order valence-corrected chi connectivity index (χ0v) is 10.9. The van der Waals surface area contributed by atoms with Crippen LogP contribution in [0.25, 0.3) is 0 Å². The second-order valence-electron chi connectivity index (χ2n) is 4.24. The molecule has 80 valence electrons. The third kappa shape index (κ3) is 3.77. The lowest BCUT2D eigenvalue weighted by Crippen LogP contribution is -2.72. The van der Waals surface area contributed by atoms with Crippen LogP contribution in [0.2, 0.25) is 5.54 Å². The van der Waals surface area contributed by atoms with E-state index in [9.17, 15) is 0 Å². The molecule has 0 atom stereocenters. The molecule has 0 fully saturated rings. The molecule has 0 aliphatic heterocycles. The number of nitrogens with one attached hydrogen (secondary N) is 3. The third-order valence-electron chi connectivity index (χ3n) is 2.44. The smallest absolute Gasteiger partial charge is 0.283 e. The van der Waals surface area contributed by atoms with E-state index in [0.29, 0.717) is 11.5 Å². The van der Waals surface area contributed by atoms with Crippen LogP contribution in [0.3, 0.4) is 0 Å². The van der Waals surface area contributed by atoms with Gasteiger partial charge in [-0.05, 0) is 32.1 Å². The van der Waals surface area contributed by atoms with Crippen LogP contribution >= 0.6 is 0 Å². The Morgan fingerprint density at radius 2 is 1.46 bits per heavy atom. The number of hydrogen-bond donors (Lipinski definition) is 3. The summed E-state index contributed by atoms with van der Waals surface area (Å²) in [4.78, 5) is 10.5. The van der Waals surface area contributed by atoms with Gasteiger partial charge in [0.2, 0.25) is 0 Å². The Labute approximate surface area is 83.9 Å². The molecule has 4 heteroatoms. The summed E-state index contributed by atoms with van der Waals surface area (Å²) in [5, 5.41) is 0. The van der Waals surface area contributed by atoms with Crippen LogP contribution in [0.1, 0.15) is 27.7 Å². The molecular weight excluding hydrogens is 178 g/mol. The quantitative estimate of drug-likeness (QED) is 0.564. The Kier molecular flexibility index (Phi) is 5.79. The van der Waals surface area contributed by atoms with Gasteiger partial charge in [-0.3, -0.25) is 0 Å². The van der Waals surface area contributed by atoms with Crippen LogP contribution < -0.4 is 14.9 Å². The molecular formula is C9H25N3Si. The predicted molar refractivity (Wildman–Crippen MR) is 61.8 cm³/mol. The van der Waals surface area contributed by atoms with Crippen molar-refractivity contribution >= 4 is 8.56 Å². The van der Waals surface area contributed by atoms with Gasteiger partial charge in [-0.2, -0.15) is 0 Å². The van der Waals surface area contributed by atoms with Crippen molar-refractivity contribution in [1.29, 1.82) is 0 Å². The molecule has 0 rings (SSSR count). The summed E-state index contributed by atoms with van der Waals surface area (Å²) in [5.41, 5.74) is 0.640. The highest BCUT2D eigenvalue weighted by molar-refractivity contribution is 6.73. The van der Waals surface area contributed by atoms with Crippen molar-refractivity contribution in [2.75, 3.05) is 20.6 Å². The van der Waals surface area contributed by atoms with E-state index in [4.69, 9.17) is 0 Å². The molecule has 0 saturated heterocycles. The molecule has 0 spiro atoms. The molecule has 0 bridgehead atoms. The van der Waals surface area contributed by atoms with Crippen molar-refractivity contribution < 1.29 is 0 Å². The van der Waals surface area contributed by atoms with Gasteiger partial charge in [-0.25, -0.2) is 0 Å². The first kappa shape index (κ1) is 13.1. The van der Waals surface area contributed by atoms with E-state index in [1.807, 2.05) is 14.1 Å². The van der Waals surface area contributed by atoms with Gasteiger partial charge in [-0.15, -0.1) is 0 Å². The van der Waals surface area contributed by atoms with E-state index in [0.717, 1.165) is 6.54 Å². The van der Waals surface area contributed by atoms with E-state index in [1.54, 1.807) is 0 Å². The summed E-state index contributed by atoms with van der Waals surface area (Å²) in [6.07, 6.45) is 0. The Balaban J connectivity index is 4.22. The summed E-state index contributed by atoms with van der Waals surface area (Å²) < 4.78 is 0. The highest BCUT2D eigenvalue weighted by Crippen LogP contribution is 2.11. The van der Waals surface area contributed by atoms with Crippen molar-refractivity contribution in [2.24, 2.45) is 5.92 Å². The van der Waals surface area contributed by atoms with Gasteiger partial charge in [0, 0.05) is 0 Å². The van der Waals surface area contributed by atoms with E-state index in [2.05, 4.69) is 42.6 Å². The second kappa shape index (κ2) is 5.75. The van der Waals surface area contributed by atoms with Crippen molar-refractivity contribution in [3.05, 3.63) is 0 Å². The molecule has 0 aromatic carbocycles. The molecule has 0 heterocycles. The van der Waals surface area contributed by atoms with Crippen molar-refractivity contribution in [2.45, 2.75) is 33.2 Å². The van der Waals surface area contributed by atoms with E-state index in [-0.39, 0.29) is 0 Å². The largest absolute Gasteiger partial charge is 0.316 e. The molecule has 3 N–H and O–H groups in total. The zero-order chi connectivity index (χ0) is 10.5. The van der Waals surface area contributed by atoms with E-state index in [1.165, 1.54) is 0 Å². The Bertz CT molecular complexity index is 133.